The molecule has 3 rings (SSSR count). The summed E-state index contributed by atoms with van der Waals surface area (Å²) in [4.78, 5) is 25.4. The number of halogens is 3. The highest BCUT2D eigenvalue weighted by molar-refractivity contribution is 9.10. The molecule has 0 aliphatic carbocycles. The fourth-order valence-electron chi connectivity index (χ4n) is 2.24. The molecule has 106 valence electrons. The smallest absolute Gasteiger partial charge is 0.299 e. The number of carbonyl (C=O) groups is 2. The van der Waals surface area contributed by atoms with E-state index in [0.29, 0.717) is 16.8 Å². The number of carbonyl (C=O) groups excluding carboxylic acids is 2. The summed E-state index contributed by atoms with van der Waals surface area (Å²) in [7, 11) is 0. The fourth-order valence-corrected chi connectivity index (χ4v) is 2.80. The van der Waals surface area contributed by atoms with Crippen LogP contribution in [0.2, 0.25) is 5.02 Å². The van der Waals surface area contributed by atoms with Gasteiger partial charge in [0.15, 0.2) is 0 Å². The van der Waals surface area contributed by atoms with Crippen molar-refractivity contribution in [2.45, 2.75) is 6.54 Å². The summed E-state index contributed by atoms with van der Waals surface area (Å²) in [6.07, 6.45) is 0. The number of anilines is 1. The Morgan fingerprint density at radius 1 is 1.14 bits per heavy atom. The van der Waals surface area contributed by atoms with Crippen molar-refractivity contribution in [3.63, 3.8) is 0 Å². The summed E-state index contributed by atoms with van der Waals surface area (Å²) in [5.41, 5.74) is 1.56. The molecule has 0 radical (unpaired) electrons. The lowest BCUT2D eigenvalue weighted by atomic mass is 10.1. The van der Waals surface area contributed by atoms with Crippen LogP contribution in [0.15, 0.2) is 40.9 Å². The number of rotatable bonds is 2. The van der Waals surface area contributed by atoms with Gasteiger partial charge in [0.05, 0.1) is 22.8 Å². The van der Waals surface area contributed by atoms with Crippen LogP contribution in [0.4, 0.5) is 10.1 Å². The maximum atomic E-state index is 13.2. The first-order valence-corrected chi connectivity index (χ1v) is 7.24. The Morgan fingerprint density at radius 2 is 1.90 bits per heavy atom. The van der Waals surface area contributed by atoms with Crippen LogP contribution >= 0.6 is 27.5 Å². The highest BCUT2D eigenvalue weighted by atomic mass is 79.9. The van der Waals surface area contributed by atoms with E-state index in [4.69, 9.17) is 11.6 Å². The number of fused-ring (bicyclic) bond motifs is 1. The minimum absolute atomic E-state index is 0.0139. The Bertz CT molecular complexity index is 778. The summed E-state index contributed by atoms with van der Waals surface area (Å²) < 4.78 is 13.9. The van der Waals surface area contributed by atoms with Crippen LogP contribution in [0, 0.1) is 5.82 Å². The van der Waals surface area contributed by atoms with Gasteiger partial charge in [-0.05, 0) is 35.9 Å². The average molecular weight is 369 g/mol. The third-order valence-corrected chi connectivity index (χ3v) is 4.04. The van der Waals surface area contributed by atoms with E-state index in [1.807, 2.05) is 0 Å². The van der Waals surface area contributed by atoms with Crippen molar-refractivity contribution < 1.29 is 14.0 Å². The maximum absolute atomic E-state index is 13.2. The van der Waals surface area contributed by atoms with E-state index in [9.17, 15) is 14.0 Å². The molecule has 1 aliphatic rings. The Balaban J connectivity index is 1.99. The van der Waals surface area contributed by atoms with Crippen LogP contribution in [-0.2, 0) is 11.3 Å². The van der Waals surface area contributed by atoms with E-state index >= 15 is 0 Å². The minimum atomic E-state index is -0.594. The van der Waals surface area contributed by atoms with Crippen molar-refractivity contribution in [1.29, 1.82) is 0 Å². The lowest BCUT2D eigenvalue weighted by molar-refractivity contribution is -0.114. The van der Waals surface area contributed by atoms with Gasteiger partial charge in [0, 0.05) is 4.47 Å². The molecule has 0 unspecified atom stereocenters. The number of benzene rings is 2. The highest BCUT2D eigenvalue weighted by Gasteiger charge is 2.35. The molecule has 3 nitrogen and oxygen atoms in total. The second-order valence-corrected chi connectivity index (χ2v) is 5.95. The molecule has 2 aromatic carbocycles. The summed E-state index contributed by atoms with van der Waals surface area (Å²) in [6, 6.07) is 9.25. The van der Waals surface area contributed by atoms with Crippen LogP contribution in [0.25, 0.3) is 0 Å². The van der Waals surface area contributed by atoms with Gasteiger partial charge in [-0.1, -0.05) is 33.6 Å². The zero-order valence-electron chi connectivity index (χ0n) is 10.6. The Kier molecular flexibility index (Phi) is 3.55. The summed E-state index contributed by atoms with van der Waals surface area (Å²) >= 11 is 9.06. The summed E-state index contributed by atoms with van der Waals surface area (Å²) in [5.74, 6) is -1.65. The van der Waals surface area contributed by atoms with Crippen molar-refractivity contribution >= 4 is 44.9 Å². The Labute approximate surface area is 133 Å². The molecule has 2 aromatic rings. The van der Waals surface area contributed by atoms with Crippen molar-refractivity contribution in [2.75, 3.05) is 4.90 Å². The molecular formula is C15H8BrClFNO2. The van der Waals surface area contributed by atoms with E-state index in [1.54, 1.807) is 18.2 Å². The SMILES string of the molecule is O=C1C(=O)N(Cc2ccc(F)c(Cl)c2)c2cc(Br)ccc21. The molecule has 0 fully saturated rings. The van der Waals surface area contributed by atoms with Crippen LogP contribution < -0.4 is 4.90 Å². The standard InChI is InChI=1S/C15H8BrClFNO2/c16-9-2-3-10-13(6-9)19(15(21)14(10)20)7-8-1-4-12(18)11(17)5-8/h1-6H,7H2. The van der Waals surface area contributed by atoms with Gasteiger partial charge >= 0.3 is 0 Å². The highest BCUT2D eigenvalue weighted by Crippen LogP contribution is 2.33. The molecule has 0 saturated heterocycles. The molecule has 1 amide bonds. The van der Waals surface area contributed by atoms with Crippen LogP contribution in [0.5, 0.6) is 0 Å². The molecule has 0 atom stereocenters. The van der Waals surface area contributed by atoms with Gasteiger partial charge in [-0.15, -0.1) is 0 Å². The first-order valence-electron chi connectivity index (χ1n) is 6.07. The molecule has 0 bridgehead atoms. The first-order chi connectivity index (χ1) is 9.97. The minimum Gasteiger partial charge on any atom is -0.300 e. The van der Waals surface area contributed by atoms with E-state index in [0.717, 1.165) is 4.47 Å². The van der Waals surface area contributed by atoms with Crippen LogP contribution in [-0.4, -0.2) is 11.7 Å². The number of hydrogen-bond acceptors (Lipinski definition) is 2. The number of amides is 1. The zero-order chi connectivity index (χ0) is 15.1. The van der Waals surface area contributed by atoms with E-state index in [2.05, 4.69) is 15.9 Å². The predicted octanol–water partition coefficient (Wildman–Crippen LogP) is 3.97. The Hall–Kier alpha value is -1.72. The monoisotopic (exact) mass is 367 g/mol. The molecule has 6 heteroatoms. The van der Waals surface area contributed by atoms with Crippen molar-refractivity contribution in [3.8, 4) is 0 Å². The molecule has 0 saturated carbocycles. The first kappa shape index (κ1) is 14.2. The lowest BCUT2D eigenvalue weighted by Crippen LogP contribution is -2.29. The predicted molar refractivity (Wildman–Crippen MR) is 81.1 cm³/mol. The van der Waals surface area contributed by atoms with Crippen molar-refractivity contribution in [2.24, 2.45) is 0 Å². The molecular weight excluding hydrogens is 361 g/mol. The topological polar surface area (TPSA) is 37.4 Å². The third-order valence-electron chi connectivity index (χ3n) is 3.26. The number of nitrogens with zero attached hydrogens (tertiary/aromatic N) is 1. The second kappa shape index (κ2) is 5.24. The molecule has 0 aromatic heterocycles. The van der Waals surface area contributed by atoms with Crippen LogP contribution in [0.3, 0.4) is 0 Å². The fraction of sp³-hybridized carbons (Fsp3) is 0.0667. The van der Waals surface area contributed by atoms with Gasteiger partial charge < -0.3 is 4.90 Å². The van der Waals surface area contributed by atoms with Gasteiger partial charge in [0.2, 0.25) is 0 Å². The maximum Gasteiger partial charge on any atom is 0.299 e. The molecule has 0 spiro atoms. The summed E-state index contributed by atoms with van der Waals surface area (Å²) in [6.45, 7) is 0.161. The van der Waals surface area contributed by atoms with E-state index in [1.165, 1.54) is 23.1 Å². The molecule has 1 heterocycles. The molecule has 21 heavy (non-hydrogen) atoms. The average Bonchev–Trinajstić information content (AvgIpc) is 2.68. The van der Waals surface area contributed by atoms with Gasteiger partial charge in [-0.25, -0.2) is 4.39 Å². The number of hydrogen-bond donors (Lipinski definition) is 0. The number of Topliss-reactive ketones (excluding diaryl/α,β-unsaturated/α-hetero) is 1. The van der Waals surface area contributed by atoms with Crippen molar-refractivity contribution in [3.05, 3.63) is 62.8 Å². The Morgan fingerprint density at radius 3 is 2.62 bits per heavy atom. The van der Waals surface area contributed by atoms with E-state index < -0.39 is 17.5 Å². The largest absolute Gasteiger partial charge is 0.300 e. The second-order valence-electron chi connectivity index (χ2n) is 4.63. The third kappa shape index (κ3) is 2.47. The quantitative estimate of drug-likeness (QED) is 0.752. The molecule has 0 N–H and O–H groups in total. The van der Waals surface area contributed by atoms with Gasteiger partial charge in [0.25, 0.3) is 11.7 Å². The van der Waals surface area contributed by atoms with Crippen LogP contribution in [0.1, 0.15) is 15.9 Å². The summed E-state index contributed by atoms with van der Waals surface area (Å²) in [5, 5.41) is -0.0139. The van der Waals surface area contributed by atoms with Crippen molar-refractivity contribution in [1.82, 2.24) is 0 Å². The van der Waals surface area contributed by atoms with E-state index in [-0.39, 0.29) is 11.6 Å². The lowest BCUT2D eigenvalue weighted by Gasteiger charge is -2.17. The number of ketones is 1. The zero-order valence-corrected chi connectivity index (χ0v) is 12.9. The molecule has 1 aliphatic heterocycles. The van der Waals surface area contributed by atoms with Gasteiger partial charge in [0.1, 0.15) is 5.82 Å². The van der Waals surface area contributed by atoms with Gasteiger partial charge in [-0.3, -0.25) is 9.59 Å². The normalized spacial score (nSPS) is 13.8. The van der Waals surface area contributed by atoms with Gasteiger partial charge in [-0.2, -0.15) is 0 Å².